The number of nitrogens with one attached hydrogen (secondary N) is 1. The van der Waals surface area contributed by atoms with Gasteiger partial charge >= 0.3 is 6.18 Å². The van der Waals surface area contributed by atoms with Gasteiger partial charge in [-0.1, -0.05) is 19.3 Å². The van der Waals surface area contributed by atoms with Crippen molar-refractivity contribution in [2.75, 3.05) is 5.32 Å². The van der Waals surface area contributed by atoms with Crippen LogP contribution in [0.3, 0.4) is 0 Å². The minimum absolute atomic E-state index is 0.0231. The smallest absolute Gasteiger partial charge is 0.366 e. The zero-order chi connectivity index (χ0) is 14.8. The molecule has 0 aromatic carbocycles. The highest BCUT2D eigenvalue weighted by Crippen LogP contribution is 2.39. The van der Waals surface area contributed by atoms with Gasteiger partial charge in [-0.25, -0.2) is 4.98 Å². The van der Waals surface area contributed by atoms with Crippen LogP contribution < -0.4 is 5.32 Å². The predicted octanol–water partition coefficient (Wildman–Crippen LogP) is 4.48. The van der Waals surface area contributed by atoms with Crippen LogP contribution >= 0.6 is 15.9 Å². The van der Waals surface area contributed by atoms with Crippen molar-refractivity contribution >= 4 is 21.7 Å². The topological polar surface area (TPSA) is 48.7 Å². The lowest BCUT2D eigenvalue weighted by Crippen LogP contribution is -2.24. The Morgan fingerprint density at radius 1 is 1.30 bits per heavy atom. The van der Waals surface area contributed by atoms with Crippen LogP contribution in [-0.4, -0.2) is 11.0 Å². The maximum Gasteiger partial charge on any atom is 0.418 e. The van der Waals surface area contributed by atoms with Gasteiger partial charge in [0.2, 0.25) is 0 Å². The van der Waals surface area contributed by atoms with Crippen molar-refractivity contribution in [2.45, 2.75) is 44.3 Å². The largest absolute Gasteiger partial charge is 0.418 e. The second kappa shape index (κ2) is 6.00. The first-order valence-electron chi connectivity index (χ1n) is 6.36. The van der Waals surface area contributed by atoms with Crippen molar-refractivity contribution in [1.82, 2.24) is 4.98 Å². The SMILES string of the molecule is N#Cc1c(NC2CCCCC2)ncc(Br)c1C(F)(F)F. The summed E-state index contributed by atoms with van der Waals surface area (Å²) in [5.41, 5.74) is -1.41. The lowest BCUT2D eigenvalue weighted by atomic mass is 9.95. The fraction of sp³-hybridized carbons (Fsp3) is 0.538. The molecule has 2 rings (SSSR count). The van der Waals surface area contributed by atoms with Gasteiger partial charge in [0.15, 0.2) is 0 Å². The number of rotatable bonds is 2. The van der Waals surface area contributed by atoms with E-state index in [1.807, 2.05) is 0 Å². The molecule has 1 aliphatic carbocycles. The number of alkyl halides is 3. The van der Waals surface area contributed by atoms with Crippen LogP contribution in [0.2, 0.25) is 0 Å². The quantitative estimate of drug-likeness (QED) is 0.857. The number of nitriles is 1. The molecule has 1 N–H and O–H groups in total. The zero-order valence-electron chi connectivity index (χ0n) is 10.6. The molecule has 1 saturated carbocycles. The van der Waals surface area contributed by atoms with Crippen molar-refractivity contribution in [2.24, 2.45) is 0 Å². The highest BCUT2D eigenvalue weighted by molar-refractivity contribution is 9.10. The summed E-state index contributed by atoms with van der Waals surface area (Å²) in [5, 5.41) is 12.1. The zero-order valence-corrected chi connectivity index (χ0v) is 12.2. The van der Waals surface area contributed by atoms with Crippen LogP contribution in [0.25, 0.3) is 0 Å². The van der Waals surface area contributed by atoms with E-state index in [1.54, 1.807) is 6.07 Å². The van der Waals surface area contributed by atoms with E-state index in [0.717, 1.165) is 38.3 Å². The van der Waals surface area contributed by atoms with Crippen molar-refractivity contribution < 1.29 is 13.2 Å². The Hall–Kier alpha value is -1.29. The van der Waals surface area contributed by atoms with Crippen LogP contribution in [0.4, 0.5) is 19.0 Å². The van der Waals surface area contributed by atoms with Crippen LogP contribution in [0.1, 0.15) is 43.2 Å². The molecule has 1 aliphatic rings. The molecule has 0 bridgehead atoms. The fourth-order valence-electron chi connectivity index (χ4n) is 2.42. The Balaban J connectivity index is 2.36. The molecule has 1 aromatic rings. The highest BCUT2D eigenvalue weighted by Gasteiger charge is 2.38. The third-order valence-electron chi connectivity index (χ3n) is 3.37. The van der Waals surface area contributed by atoms with Crippen molar-refractivity contribution in [3.63, 3.8) is 0 Å². The summed E-state index contributed by atoms with van der Waals surface area (Å²) in [6.07, 6.45) is 1.52. The first kappa shape index (κ1) is 15.1. The summed E-state index contributed by atoms with van der Waals surface area (Å²) >= 11 is 2.82. The van der Waals surface area contributed by atoms with Gasteiger partial charge in [-0.3, -0.25) is 0 Å². The van der Waals surface area contributed by atoms with E-state index < -0.39 is 17.3 Å². The predicted molar refractivity (Wildman–Crippen MR) is 72.1 cm³/mol. The summed E-state index contributed by atoms with van der Waals surface area (Å²) in [6.45, 7) is 0. The minimum Gasteiger partial charge on any atom is -0.366 e. The molecule has 0 amide bonds. The number of aromatic nitrogens is 1. The van der Waals surface area contributed by atoms with Crippen LogP contribution in [0.5, 0.6) is 0 Å². The van der Waals surface area contributed by atoms with Gasteiger partial charge in [0, 0.05) is 16.7 Å². The minimum atomic E-state index is -4.59. The highest BCUT2D eigenvalue weighted by atomic mass is 79.9. The van der Waals surface area contributed by atoms with Crippen molar-refractivity contribution in [3.05, 3.63) is 21.8 Å². The number of hydrogen-bond donors (Lipinski definition) is 1. The fourth-order valence-corrected chi connectivity index (χ4v) is 2.95. The van der Waals surface area contributed by atoms with E-state index in [0.29, 0.717) is 0 Å². The lowest BCUT2D eigenvalue weighted by molar-refractivity contribution is -0.138. The third kappa shape index (κ3) is 3.23. The Bertz CT molecular complexity index is 531. The summed E-state index contributed by atoms with van der Waals surface area (Å²) < 4.78 is 38.8. The molecular formula is C13H13BrF3N3. The number of pyridine rings is 1. The average molecular weight is 348 g/mol. The molecule has 108 valence electrons. The molecule has 1 fully saturated rings. The standard InChI is InChI=1S/C13H13BrF3N3/c14-10-7-19-12(20-8-4-2-1-3-5-8)9(6-18)11(10)13(15,16)17/h7-8H,1-5H2,(H,19,20). The van der Waals surface area contributed by atoms with E-state index in [4.69, 9.17) is 5.26 Å². The van der Waals surface area contributed by atoms with Gasteiger partial charge in [0.05, 0.1) is 5.56 Å². The van der Waals surface area contributed by atoms with Crippen molar-refractivity contribution in [1.29, 1.82) is 5.26 Å². The molecule has 0 atom stereocenters. The second-order valence-corrected chi connectivity index (χ2v) is 5.65. The molecule has 1 heterocycles. The molecule has 20 heavy (non-hydrogen) atoms. The molecule has 7 heteroatoms. The molecule has 0 saturated heterocycles. The van der Waals surface area contributed by atoms with Gasteiger partial charge in [0.25, 0.3) is 0 Å². The monoisotopic (exact) mass is 347 g/mol. The number of nitrogens with zero attached hydrogens (tertiary/aromatic N) is 2. The molecule has 0 spiro atoms. The lowest BCUT2D eigenvalue weighted by Gasteiger charge is -2.24. The summed E-state index contributed by atoms with van der Waals surface area (Å²) in [4.78, 5) is 3.94. The second-order valence-electron chi connectivity index (χ2n) is 4.79. The Kier molecular flexibility index (Phi) is 4.53. The summed E-state index contributed by atoms with van der Waals surface area (Å²) in [7, 11) is 0. The normalized spacial score (nSPS) is 16.8. The van der Waals surface area contributed by atoms with E-state index in [9.17, 15) is 13.2 Å². The molecule has 3 nitrogen and oxygen atoms in total. The number of hydrogen-bond acceptors (Lipinski definition) is 3. The third-order valence-corrected chi connectivity index (χ3v) is 3.98. The molecule has 0 unspecified atom stereocenters. The molecule has 0 aliphatic heterocycles. The van der Waals surface area contributed by atoms with Crippen LogP contribution in [-0.2, 0) is 6.18 Å². The van der Waals surface area contributed by atoms with Gasteiger partial charge in [-0.2, -0.15) is 18.4 Å². The Morgan fingerprint density at radius 3 is 2.50 bits per heavy atom. The Labute approximate surface area is 123 Å². The van der Waals surface area contributed by atoms with E-state index in [1.165, 1.54) is 0 Å². The van der Waals surface area contributed by atoms with Crippen LogP contribution in [0.15, 0.2) is 10.7 Å². The first-order chi connectivity index (χ1) is 9.43. The maximum atomic E-state index is 13.0. The average Bonchev–Trinajstić information content (AvgIpc) is 2.40. The van der Waals surface area contributed by atoms with Gasteiger partial charge in [-0.15, -0.1) is 0 Å². The van der Waals surface area contributed by atoms with Crippen LogP contribution in [0, 0.1) is 11.3 Å². The summed E-state index contributed by atoms with van der Waals surface area (Å²) in [5.74, 6) is 0.0231. The van der Waals surface area contributed by atoms with Gasteiger partial charge < -0.3 is 5.32 Å². The van der Waals surface area contributed by atoms with E-state index in [2.05, 4.69) is 26.2 Å². The summed E-state index contributed by atoms with van der Waals surface area (Å²) in [6, 6.07) is 1.71. The maximum absolute atomic E-state index is 13.0. The number of halogens is 4. The Morgan fingerprint density at radius 2 is 1.95 bits per heavy atom. The van der Waals surface area contributed by atoms with Gasteiger partial charge in [-0.05, 0) is 28.8 Å². The molecule has 0 radical (unpaired) electrons. The van der Waals surface area contributed by atoms with E-state index >= 15 is 0 Å². The number of anilines is 1. The molecule has 1 aromatic heterocycles. The van der Waals surface area contributed by atoms with Gasteiger partial charge in [0.1, 0.15) is 17.5 Å². The molecular weight excluding hydrogens is 335 g/mol. The first-order valence-corrected chi connectivity index (χ1v) is 7.15. The van der Waals surface area contributed by atoms with E-state index in [-0.39, 0.29) is 16.3 Å². The van der Waals surface area contributed by atoms with Crippen molar-refractivity contribution in [3.8, 4) is 6.07 Å².